The minimum atomic E-state index is -3.92. The second-order valence-electron chi connectivity index (χ2n) is 7.81. The summed E-state index contributed by atoms with van der Waals surface area (Å²) in [6.07, 6.45) is 0. The van der Waals surface area contributed by atoms with Crippen LogP contribution in [-0.2, 0) is 9.84 Å². The van der Waals surface area contributed by atoms with Crippen molar-refractivity contribution in [2.75, 3.05) is 13.2 Å². The molecule has 0 aliphatic carbocycles. The quantitative estimate of drug-likeness (QED) is 0.423. The van der Waals surface area contributed by atoms with Crippen molar-refractivity contribution in [1.82, 2.24) is 5.32 Å². The summed E-state index contributed by atoms with van der Waals surface area (Å²) in [6.45, 7) is 6.55. The van der Waals surface area contributed by atoms with Crippen molar-refractivity contribution >= 4 is 21.5 Å². The Balaban J connectivity index is 1.61. The number of carbonyl (C=O) groups is 2. The summed E-state index contributed by atoms with van der Waals surface area (Å²) in [5.74, 6) is 0.374. The van der Waals surface area contributed by atoms with Crippen LogP contribution < -0.4 is 14.8 Å². The summed E-state index contributed by atoms with van der Waals surface area (Å²) in [7, 11) is -3.92. The largest absolute Gasteiger partial charge is 0.490 e. The van der Waals surface area contributed by atoms with Crippen molar-refractivity contribution in [2.45, 2.75) is 36.6 Å². The second-order valence-corrected chi connectivity index (χ2v) is 9.69. The molecule has 8 heteroatoms. The van der Waals surface area contributed by atoms with Gasteiger partial charge < -0.3 is 14.8 Å². The van der Waals surface area contributed by atoms with Gasteiger partial charge in [-0.15, -0.1) is 0 Å². The summed E-state index contributed by atoms with van der Waals surface area (Å²) in [5.41, 5.74) is 1.16. The van der Waals surface area contributed by atoms with Gasteiger partial charge in [-0.05, 0) is 68.8 Å². The molecule has 7 nitrogen and oxygen atoms in total. The Labute approximate surface area is 198 Å². The second kappa shape index (κ2) is 9.30. The van der Waals surface area contributed by atoms with Crippen LogP contribution in [0.25, 0.3) is 0 Å². The van der Waals surface area contributed by atoms with Gasteiger partial charge in [-0.25, -0.2) is 8.42 Å². The van der Waals surface area contributed by atoms with Crippen LogP contribution in [0.1, 0.15) is 58.7 Å². The lowest BCUT2D eigenvalue weighted by Crippen LogP contribution is -2.27. The van der Waals surface area contributed by atoms with E-state index in [0.717, 1.165) is 5.56 Å². The van der Waals surface area contributed by atoms with Gasteiger partial charge in [-0.1, -0.05) is 18.2 Å². The number of ether oxygens (including phenoxy) is 2. The van der Waals surface area contributed by atoms with Crippen molar-refractivity contribution in [3.05, 3.63) is 82.9 Å². The Kier molecular flexibility index (Phi) is 6.43. The molecule has 3 aromatic rings. The van der Waals surface area contributed by atoms with Gasteiger partial charge in [-0.3, -0.25) is 9.59 Å². The van der Waals surface area contributed by atoms with E-state index in [1.165, 1.54) is 30.3 Å². The molecule has 3 aromatic carbocycles. The molecule has 4 rings (SSSR count). The zero-order valence-electron chi connectivity index (χ0n) is 19.1. The average molecular weight is 480 g/mol. The van der Waals surface area contributed by atoms with Crippen LogP contribution in [0, 0.1) is 0 Å². The molecule has 1 N–H and O–H groups in total. The third-order valence-corrected chi connectivity index (χ3v) is 7.47. The van der Waals surface area contributed by atoms with Gasteiger partial charge in [0.05, 0.1) is 29.0 Å². The Morgan fingerprint density at radius 1 is 0.882 bits per heavy atom. The lowest BCUT2D eigenvalue weighted by atomic mass is 10.0. The van der Waals surface area contributed by atoms with Crippen LogP contribution in [0.3, 0.4) is 0 Å². The summed E-state index contributed by atoms with van der Waals surface area (Å²) in [6, 6.07) is 15.3. The molecule has 1 atom stereocenters. The molecule has 0 saturated heterocycles. The van der Waals surface area contributed by atoms with E-state index in [1.54, 1.807) is 18.2 Å². The van der Waals surface area contributed by atoms with E-state index in [9.17, 15) is 18.0 Å². The fourth-order valence-corrected chi connectivity index (χ4v) is 5.60. The van der Waals surface area contributed by atoms with Crippen molar-refractivity contribution in [1.29, 1.82) is 0 Å². The van der Waals surface area contributed by atoms with Gasteiger partial charge in [0.2, 0.25) is 9.84 Å². The predicted octanol–water partition coefficient (Wildman–Crippen LogP) is 4.35. The molecule has 1 aliphatic heterocycles. The van der Waals surface area contributed by atoms with E-state index in [4.69, 9.17) is 9.47 Å². The first-order valence-electron chi connectivity index (χ1n) is 11.0. The first kappa shape index (κ1) is 23.5. The molecule has 1 aliphatic rings. The van der Waals surface area contributed by atoms with Crippen LogP contribution in [0.5, 0.6) is 11.5 Å². The normalized spacial score (nSPS) is 14.5. The van der Waals surface area contributed by atoms with E-state index in [-0.39, 0.29) is 32.3 Å². The number of ketones is 1. The van der Waals surface area contributed by atoms with Crippen molar-refractivity contribution in [3.8, 4) is 11.5 Å². The maximum atomic E-state index is 13.1. The number of nitrogens with one attached hydrogen (secondary N) is 1. The van der Waals surface area contributed by atoms with Gasteiger partial charge in [-0.2, -0.15) is 0 Å². The van der Waals surface area contributed by atoms with E-state index in [2.05, 4.69) is 5.32 Å². The maximum Gasteiger partial charge on any atom is 0.251 e. The molecule has 0 radical (unpaired) electrons. The molecule has 0 spiro atoms. The fourth-order valence-electron chi connectivity index (χ4n) is 3.93. The van der Waals surface area contributed by atoms with E-state index < -0.39 is 21.8 Å². The highest BCUT2D eigenvalue weighted by atomic mass is 32.2. The number of hydrogen-bond donors (Lipinski definition) is 1. The summed E-state index contributed by atoms with van der Waals surface area (Å²) >= 11 is 0. The third-order valence-electron chi connectivity index (χ3n) is 5.61. The highest BCUT2D eigenvalue weighted by Crippen LogP contribution is 2.35. The fraction of sp³-hybridized carbons (Fsp3) is 0.231. The zero-order valence-corrected chi connectivity index (χ0v) is 19.9. The maximum absolute atomic E-state index is 13.1. The van der Waals surface area contributed by atoms with E-state index >= 15 is 0 Å². The van der Waals surface area contributed by atoms with E-state index in [0.29, 0.717) is 24.7 Å². The van der Waals surface area contributed by atoms with E-state index in [1.807, 2.05) is 32.9 Å². The minimum Gasteiger partial charge on any atom is -0.490 e. The number of fused-ring (bicyclic) bond motifs is 2. The molecular weight excluding hydrogens is 454 g/mol. The third kappa shape index (κ3) is 4.17. The van der Waals surface area contributed by atoms with Crippen LogP contribution in [-0.4, -0.2) is 33.3 Å². The summed E-state index contributed by atoms with van der Waals surface area (Å²) in [4.78, 5) is 25.6. The van der Waals surface area contributed by atoms with Gasteiger partial charge in [0.1, 0.15) is 0 Å². The average Bonchev–Trinajstić information content (AvgIpc) is 2.84. The van der Waals surface area contributed by atoms with Crippen molar-refractivity contribution < 1.29 is 27.5 Å². The SMILES string of the molecule is CCOc1ccc(C(C)NC(=O)c2ccc3c(c2)S(=O)(=O)c2ccccc2C3=O)cc1OCC. The molecule has 34 heavy (non-hydrogen) atoms. The zero-order chi connectivity index (χ0) is 24.5. The highest BCUT2D eigenvalue weighted by molar-refractivity contribution is 7.91. The molecule has 0 fully saturated rings. The molecule has 1 amide bonds. The first-order chi connectivity index (χ1) is 16.3. The smallest absolute Gasteiger partial charge is 0.251 e. The molecule has 1 unspecified atom stereocenters. The first-order valence-corrected chi connectivity index (χ1v) is 12.5. The number of carbonyl (C=O) groups excluding carboxylic acids is 2. The van der Waals surface area contributed by atoms with Gasteiger partial charge >= 0.3 is 0 Å². The summed E-state index contributed by atoms with van der Waals surface area (Å²) < 4.78 is 37.5. The lowest BCUT2D eigenvalue weighted by molar-refractivity contribution is 0.0938. The Bertz CT molecular complexity index is 1380. The molecule has 0 bridgehead atoms. The summed E-state index contributed by atoms with van der Waals surface area (Å²) in [5, 5.41) is 2.88. The van der Waals surface area contributed by atoms with Crippen LogP contribution in [0.2, 0.25) is 0 Å². The van der Waals surface area contributed by atoms with Crippen LogP contribution in [0.15, 0.2) is 70.5 Å². The Hall–Kier alpha value is -3.65. The van der Waals surface area contributed by atoms with Gasteiger partial charge in [0.15, 0.2) is 17.3 Å². The standard InChI is InChI=1S/C26H25NO6S/c1-4-32-21-13-11-17(14-22(21)33-5-2)16(3)27-26(29)18-10-12-20-24(15-18)34(30,31)23-9-7-6-8-19(23)25(20)28/h6-16H,4-5H2,1-3H3,(H,27,29). The Morgan fingerprint density at radius 3 is 2.29 bits per heavy atom. The van der Waals surface area contributed by atoms with Crippen LogP contribution >= 0.6 is 0 Å². The number of rotatable bonds is 7. The molecule has 1 heterocycles. The van der Waals surface area contributed by atoms with Crippen molar-refractivity contribution in [3.63, 3.8) is 0 Å². The number of amides is 1. The minimum absolute atomic E-state index is 0.0451. The molecule has 176 valence electrons. The number of hydrogen-bond acceptors (Lipinski definition) is 6. The van der Waals surface area contributed by atoms with Gasteiger partial charge in [0.25, 0.3) is 5.91 Å². The lowest BCUT2D eigenvalue weighted by Gasteiger charge is -2.20. The highest BCUT2D eigenvalue weighted by Gasteiger charge is 2.35. The number of benzene rings is 3. The van der Waals surface area contributed by atoms with Gasteiger partial charge in [0, 0.05) is 16.7 Å². The predicted molar refractivity (Wildman–Crippen MR) is 126 cm³/mol. The van der Waals surface area contributed by atoms with Crippen LogP contribution in [0.4, 0.5) is 0 Å². The number of sulfone groups is 1. The molecule has 0 aromatic heterocycles. The monoisotopic (exact) mass is 479 g/mol. The van der Waals surface area contributed by atoms with Crippen molar-refractivity contribution in [2.24, 2.45) is 0 Å². The molecular formula is C26H25NO6S. The Morgan fingerprint density at radius 2 is 1.56 bits per heavy atom. The molecule has 0 saturated carbocycles. The topological polar surface area (TPSA) is 98.8 Å².